The third-order valence-electron chi connectivity index (χ3n) is 3.62. The van der Waals surface area contributed by atoms with Crippen molar-refractivity contribution < 1.29 is 0 Å². The van der Waals surface area contributed by atoms with Gasteiger partial charge in [0, 0.05) is 12.6 Å². The standard InChI is InChI=1S/C15H22N4/c1-3-11(4-2)12(16)9-18-15-10-17-13-7-5-6-8-14(13)19-15/h5-8,10-12H,3-4,9,16H2,1-2H3,(H,18,19). The molecule has 0 bridgehead atoms. The molecule has 1 unspecified atom stereocenters. The molecule has 0 saturated carbocycles. The molecular weight excluding hydrogens is 236 g/mol. The van der Waals surface area contributed by atoms with Crippen LogP contribution in [0.15, 0.2) is 30.5 Å². The summed E-state index contributed by atoms with van der Waals surface area (Å²) < 4.78 is 0. The van der Waals surface area contributed by atoms with Crippen molar-refractivity contribution in [1.82, 2.24) is 9.97 Å². The molecule has 1 aromatic heterocycles. The molecule has 0 saturated heterocycles. The maximum absolute atomic E-state index is 6.19. The minimum absolute atomic E-state index is 0.156. The van der Waals surface area contributed by atoms with Gasteiger partial charge in [-0.05, 0) is 18.1 Å². The lowest BCUT2D eigenvalue weighted by Gasteiger charge is -2.21. The van der Waals surface area contributed by atoms with Crippen LogP contribution in [0.1, 0.15) is 26.7 Å². The van der Waals surface area contributed by atoms with Crippen molar-refractivity contribution in [3.63, 3.8) is 0 Å². The molecule has 0 fully saturated rings. The lowest BCUT2D eigenvalue weighted by molar-refractivity contribution is 0.407. The molecule has 2 aromatic rings. The van der Waals surface area contributed by atoms with Gasteiger partial charge in [-0.25, -0.2) is 4.98 Å². The Morgan fingerprint density at radius 3 is 2.53 bits per heavy atom. The van der Waals surface area contributed by atoms with Gasteiger partial charge in [0.2, 0.25) is 0 Å². The molecule has 0 aliphatic carbocycles. The summed E-state index contributed by atoms with van der Waals surface area (Å²) in [5.41, 5.74) is 8.01. The summed E-state index contributed by atoms with van der Waals surface area (Å²) >= 11 is 0. The van der Waals surface area contributed by atoms with Gasteiger partial charge in [0.05, 0.1) is 17.2 Å². The Bertz CT molecular complexity index is 522. The summed E-state index contributed by atoms with van der Waals surface area (Å²) in [6.45, 7) is 5.10. The number of para-hydroxylation sites is 2. The van der Waals surface area contributed by atoms with Gasteiger partial charge in [-0.2, -0.15) is 0 Å². The van der Waals surface area contributed by atoms with Gasteiger partial charge in [-0.15, -0.1) is 0 Å². The Hall–Kier alpha value is -1.68. The summed E-state index contributed by atoms with van der Waals surface area (Å²) in [6, 6.07) is 8.02. The van der Waals surface area contributed by atoms with Crippen LogP contribution in [-0.4, -0.2) is 22.6 Å². The van der Waals surface area contributed by atoms with Crippen LogP contribution in [0.25, 0.3) is 11.0 Å². The van der Waals surface area contributed by atoms with Gasteiger partial charge >= 0.3 is 0 Å². The topological polar surface area (TPSA) is 63.8 Å². The third-order valence-corrected chi connectivity index (χ3v) is 3.62. The van der Waals surface area contributed by atoms with Crippen LogP contribution in [0.5, 0.6) is 0 Å². The number of nitrogens with zero attached hydrogens (tertiary/aromatic N) is 2. The summed E-state index contributed by atoms with van der Waals surface area (Å²) in [4.78, 5) is 8.91. The fraction of sp³-hybridized carbons (Fsp3) is 0.467. The van der Waals surface area contributed by atoms with Crippen LogP contribution in [0, 0.1) is 5.92 Å². The second-order valence-corrected chi connectivity index (χ2v) is 4.87. The van der Waals surface area contributed by atoms with E-state index in [-0.39, 0.29) is 6.04 Å². The highest BCUT2D eigenvalue weighted by Gasteiger charge is 2.13. The highest BCUT2D eigenvalue weighted by Crippen LogP contribution is 2.14. The van der Waals surface area contributed by atoms with Gasteiger partial charge in [0.15, 0.2) is 0 Å². The number of hydrogen-bond acceptors (Lipinski definition) is 4. The fourth-order valence-electron chi connectivity index (χ4n) is 2.33. The van der Waals surface area contributed by atoms with Crippen molar-refractivity contribution in [3.8, 4) is 0 Å². The van der Waals surface area contributed by atoms with E-state index in [9.17, 15) is 0 Å². The number of benzene rings is 1. The van der Waals surface area contributed by atoms with E-state index in [0.29, 0.717) is 5.92 Å². The Morgan fingerprint density at radius 1 is 1.16 bits per heavy atom. The lowest BCUT2D eigenvalue weighted by atomic mass is 9.95. The van der Waals surface area contributed by atoms with Crippen molar-refractivity contribution in [2.24, 2.45) is 11.7 Å². The molecule has 0 aliphatic heterocycles. The summed E-state index contributed by atoms with van der Waals surface area (Å²) in [6.07, 6.45) is 3.99. The maximum atomic E-state index is 6.19. The van der Waals surface area contributed by atoms with Crippen LogP contribution in [0.3, 0.4) is 0 Å². The normalized spacial score (nSPS) is 12.8. The zero-order valence-corrected chi connectivity index (χ0v) is 11.6. The molecule has 0 amide bonds. The molecule has 0 spiro atoms. The molecule has 0 radical (unpaired) electrons. The first-order valence-electron chi connectivity index (χ1n) is 6.95. The van der Waals surface area contributed by atoms with E-state index >= 15 is 0 Å². The Morgan fingerprint density at radius 2 is 1.84 bits per heavy atom. The maximum Gasteiger partial charge on any atom is 0.145 e. The minimum Gasteiger partial charge on any atom is -0.367 e. The van der Waals surface area contributed by atoms with Gasteiger partial charge in [0.1, 0.15) is 5.82 Å². The molecule has 1 atom stereocenters. The van der Waals surface area contributed by atoms with E-state index in [2.05, 4.69) is 29.1 Å². The van der Waals surface area contributed by atoms with Crippen molar-refractivity contribution in [2.45, 2.75) is 32.7 Å². The van der Waals surface area contributed by atoms with E-state index in [4.69, 9.17) is 5.73 Å². The first-order valence-corrected chi connectivity index (χ1v) is 6.95. The molecule has 0 aliphatic rings. The summed E-state index contributed by atoms with van der Waals surface area (Å²) in [5, 5.41) is 3.29. The Balaban J connectivity index is 2.01. The van der Waals surface area contributed by atoms with Gasteiger partial charge in [-0.1, -0.05) is 38.8 Å². The Labute approximate surface area is 114 Å². The highest BCUT2D eigenvalue weighted by atomic mass is 15.0. The number of aromatic nitrogens is 2. The van der Waals surface area contributed by atoms with E-state index in [1.165, 1.54) is 0 Å². The van der Waals surface area contributed by atoms with Crippen LogP contribution in [-0.2, 0) is 0 Å². The second kappa shape index (κ2) is 6.48. The minimum atomic E-state index is 0.156. The first kappa shape index (κ1) is 13.7. The molecule has 4 heteroatoms. The van der Waals surface area contributed by atoms with E-state index < -0.39 is 0 Å². The predicted octanol–water partition coefficient (Wildman–Crippen LogP) is 2.81. The van der Waals surface area contributed by atoms with Gasteiger partial charge < -0.3 is 11.1 Å². The van der Waals surface area contributed by atoms with Crippen molar-refractivity contribution in [2.75, 3.05) is 11.9 Å². The zero-order valence-electron chi connectivity index (χ0n) is 11.6. The second-order valence-electron chi connectivity index (χ2n) is 4.87. The largest absolute Gasteiger partial charge is 0.367 e. The molecule has 4 nitrogen and oxygen atoms in total. The number of nitrogens with two attached hydrogens (primary N) is 1. The van der Waals surface area contributed by atoms with E-state index in [0.717, 1.165) is 36.2 Å². The quantitative estimate of drug-likeness (QED) is 0.836. The van der Waals surface area contributed by atoms with Crippen molar-refractivity contribution in [1.29, 1.82) is 0 Å². The molecule has 19 heavy (non-hydrogen) atoms. The number of nitrogens with one attached hydrogen (secondary N) is 1. The third kappa shape index (κ3) is 3.41. The van der Waals surface area contributed by atoms with E-state index in [1.807, 2.05) is 24.3 Å². The highest BCUT2D eigenvalue weighted by molar-refractivity contribution is 5.75. The average Bonchev–Trinajstić information content (AvgIpc) is 2.46. The molecule has 2 rings (SSSR count). The number of rotatable bonds is 6. The van der Waals surface area contributed by atoms with Crippen molar-refractivity contribution >= 4 is 16.9 Å². The smallest absolute Gasteiger partial charge is 0.145 e. The van der Waals surface area contributed by atoms with Crippen LogP contribution in [0.4, 0.5) is 5.82 Å². The number of fused-ring (bicyclic) bond motifs is 1. The monoisotopic (exact) mass is 258 g/mol. The average molecular weight is 258 g/mol. The molecule has 1 aromatic carbocycles. The molecular formula is C15H22N4. The molecule has 1 heterocycles. The number of hydrogen-bond donors (Lipinski definition) is 2. The van der Waals surface area contributed by atoms with E-state index in [1.54, 1.807) is 6.20 Å². The van der Waals surface area contributed by atoms with Gasteiger partial charge in [-0.3, -0.25) is 4.98 Å². The summed E-state index contributed by atoms with van der Waals surface area (Å²) in [7, 11) is 0. The van der Waals surface area contributed by atoms with Crippen LogP contribution >= 0.6 is 0 Å². The van der Waals surface area contributed by atoms with Crippen LogP contribution < -0.4 is 11.1 Å². The van der Waals surface area contributed by atoms with Crippen molar-refractivity contribution in [3.05, 3.63) is 30.5 Å². The number of anilines is 1. The lowest BCUT2D eigenvalue weighted by Crippen LogP contribution is -2.36. The first-order chi connectivity index (χ1) is 9.24. The fourth-order valence-corrected chi connectivity index (χ4v) is 2.33. The SMILES string of the molecule is CCC(CC)C(N)CNc1cnc2ccccc2n1. The predicted molar refractivity (Wildman–Crippen MR) is 80.1 cm³/mol. The van der Waals surface area contributed by atoms with Gasteiger partial charge in [0.25, 0.3) is 0 Å². The van der Waals surface area contributed by atoms with Crippen LogP contribution in [0.2, 0.25) is 0 Å². The Kier molecular flexibility index (Phi) is 4.68. The summed E-state index contributed by atoms with van der Waals surface area (Å²) in [5.74, 6) is 1.35. The molecule has 3 N–H and O–H groups in total. The zero-order chi connectivity index (χ0) is 13.7. The molecule has 102 valence electrons.